The molecular weight excluding hydrogens is 284 g/mol. The molecule has 0 aliphatic heterocycles. The second-order valence-electron chi connectivity index (χ2n) is 4.69. The normalized spacial score (nSPS) is 21.4. The third-order valence-electron chi connectivity index (χ3n) is 3.48. The van der Waals surface area contributed by atoms with Crippen LogP contribution in [0.2, 0.25) is 0 Å². The highest BCUT2D eigenvalue weighted by Gasteiger charge is 2.22. The van der Waals surface area contributed by atoms with Crippen molar-refractivity contribution in [2.75, 3.05) is 0 Å². The molecule has 1 nitrogen and oxygen atoms in total. The van der Waals surface area contributed by atoms with Crippen LogP contribution in [0.5, 0.6) is 0 Å². The number of aliphatic hydroxyl groups excluding tert-OH is 1. The Labute approximate surface area is 110 Å². The van der Waals surface area contributed by atoms with E-state index in [1.54, 1.807) is 11.3 Å². The van der Waals surface area contributed by atoms with Gasteiger partial charge in [-0.05, 0) is 46.8 Å². The number of thiophene rings is 1. The van der Waals surface area contributed by atoms with Crippen molar-refractivity contribution in [2.45, 2.75) is 51.0 Å². The van der Waals surface area contributed by atoms with E-state index in [9.17, 15) is 5.11 Å². The Morgan fingerprint density at radius 1 is 1.12 bits per heavy atom. The van der Waals surface area contributed by atoms with E-state index in [0.29, 0.717) is 5.92 Å². The zero-order valence-corrected chi connectivity index (χ0v) is 11.9. The van der Waals surface area contributed by atoms with Gasteiger partial charge in [-0.2, -0.15) is 0 Å². The summed E-state index contributed by atoms with van der Waals surface area (Å²) in [4.78, 5) is 1.12. The van der Waals surface area contributed by atoms with E-state index in [0.717, 1.165) is 8.66 Å². The molecule has 1 heterocycles. The molecule has 3 heteroatoms. The molecule has 1 aromatic heterocycles. The number of hydrogen-bond acceptors (Lipinski definition) is 2. The van der Waals surface area contributed by atoms with Crippen LogP contribution in [0.4, 0.5) is 0 Å². The van der Waals surface area contributed by atoms with Gasteiger partial charge in [0.15, 0.2) is 0 Å². The molecule has 0 amide bonds. The minimum atomic E-state index is -0.241. The zero-order valence-electron chi connectivity index (χ0n) is 9.49. The number of halogens is 1. The second kappa shape index (κ2) is 6.18. The Balaban J connectivity index is 1.98. The summed E-state index contributed by atoms with van der Waals surface area (Å²) in [5, 5.41) is 10.4. The van der Waals surface area contributed by atoms with Crippen LogP contribution < -0.4 is 0 Å². The quantitative estimate of drug-likeness (QED) is 0.823. The molecule has 1 aliphatic rings. The molecule has 1 aliphatic carbocycles. The maximum absolute atomic E-state index is 10.4. The molecule has 1 atom stereocenters. The predicted molar refractivity (Wildman–Crippen MR) is 72.8 cm³/mol. The summed E-state index contributed by atoms with van der Waals surface area (Å²) in [5.41, 5.74) is 0. The fraction of sp³-hybridized carbons (Fsp3) is 0.692. The van der Waals surface area contributed by atoms with Crippen molar-refractivity contribution in [1.82, 2.24) is 0 Å². The Morgan fingerprint density at radius 3 is 2.31 bits per heavy atom. The van der Waals surface area contributed by atoms with Gasteiger partial charge in [-0.1, -0.05) is 32.1 Å². The van der Waals surface area contributed by atoms with E-state index in [1.807, 2.05) is 6.07 Å². The smallest absolute Gasteiger partial charge is 0.0910 e. The molecular formula is C13H19BrOS. The first-order valence-corrected chi connectivity index (χ1v) is 7.81. The van der Waals surface area contributed by atoms with Crippen molar-refractivity contribution in [3.8, 4) is 0 Å². The fourth-order valence-electron chi connectivity index (χ4n) is 2.52. The van der Waals surface area contributed by atoms with Crippen molar-refractivity contribution in [3.63, 3.8) is 0 Å². The van der Waals surface area contributed by atoms with Gasteiger partial charge in [0.05, 0.1) is 9.89 Å². The minimum absolute atomic E-state index is 0.241. The van der Waals surface area contributed by atoms with Crippen LogP contribution in [0.25, 0.3) is 0 Å². The van der Waals surface area contributed by atoms with Crippen LogP contribution in [0.3, 0.4) is 0 Å². The molecule has 0 saturated heterocycles. The molecule has 0 bridgehead atoms. The van der Waals surface area contributed by atoms with Crippen molar-refractivity contribution in [3.05, 3.63) is 20.8 Å². The highest BCUT2D eigenvalue weighted by Crippen LogP contribution is 2.36. The third kappa shape index (κ3) is 3.31. The lowest BCUT2D eigenvalue weighted by Crippen LogP contribution is -2.13. The Bertz CT molecular complexity index is 315. The fourth-order valence-corrected chi connectivity index (χ4v) is 4.03. The summed E-state index contributed by atoms with van der Waals surface area (Å²) in [6, 6.07) is 4.09. The average Bonchev–Trinajstić information content (AvgIpc) is 2.63. The first-order valence-electron chi connectivity index (χ1n) is 6.20. The van der Waals surface area contributed by atoms with Crippen molar-refractivity contribution in [1.29, 1.82) is 0 Å². The summed E-state index contributed by atoms with van der Waals surface area (Å²) in [6.45, 7) is 0. The molecule has 1 unspecified atom stereocenters. The summed E-state index contributed by atoms with van der Waals surface area (Å²) in [6.07, 6.45) is 8.78. The van der Waals surface area contributed by atoms with Gasteiger partial charge < -0.3 is 5.11 Å². The summed E-state index contributed by atoms with van der Waals surface area (Å²) in [5.74, 6) is 0.478. The average molecular weight is 303 g/mol. The number of aliphatic hydroxyl groups is 1. The van der Waals surface area contributed by atoms with E-state index >= 15 is 0 Å². The molecule has 2 rings (SSSR count). The molecule has 0 radical (unpaired) electrons. The summed E-state index contributed by atoms with van der Waals surface area (Å²) < 4.78 is 1.12. The van der Waals surface area contributed by atoms with Crippen LogP contribution in [-0.4, -0.2) is 5.11 Å². The van der Waals surface area contributed by atoms with Crippen molar-refractivity contribution in [2.24, 2.45) is 5.92 Å². The highest BCUT2D eigenvalue weighted by molar-refractivity contribution is 9.11. The monoisotopic (exact) mass is 302 g/mol. The molecule has 1 fully saturated rings. The first-order chi connectivity index (χ1) is 7.77. The van der Waals surface area contributed by atoms with Gasteiger partial charge in [0.1, 0.15) is 0 Å². The van der Waals surface area contributed by atoms with Crippen LogP contribution >= 0.6 is 27.3 Å². The molecule has 16 heavy (non-hydrogen) atoms. The lowest BCUT2D eigenvalue weighted by molar-refractivity contribution is 0.0944. The van der Waals surface area contributed by atoms with Gasteiger partial charge >= 0.3 is 0 Å². The van der Waals surface area contributed by atoms with Gasteiger partial charge in [0, 0.05) is 4.88 Å². The van der Waals surface area contributed by atoms with E-state index in [2.05, 4.69) is 22.0 Å². The topological polar surface area (TPSA) is 20.2 Å². The maximum Gasteiger partial charge on any atom is 0.0910 e. The standard InChI is InChI=1S/C13H19BrOS/c14-12-9-8-11(16-12)13(15)10-6-4-2-1-3-5-7-10/h8-10,13,15H,1-7H2. The number of hydrogen-bond donors (Lipinski definition) is 1. The lowest BCUT2D eigenvalue weighted by atomic mass is 9.87. The highest BCUT2D eigenvalue weighted by atomic mass is 79.9. The largest absolute Gasteiger partial charge is 0.387 e. The van der Waals surface area contributed by atoms with Crippen molar-refractivity contribution >= 4 is 27.3 Å². The Kier molecular flexibility index (Phi) is 4.86. The van der Waals surface area contributed by atoms with E-state index in [4.69, 9.17) is 0 Å². The third-order valence-corrected chi connectivity index (χ3v) is 5.18. The SMILES string of the molecule is OC(c1ccc(Br)s1)C1CCCCCCC1. The lowest BCUT2D eigenvalue weighted by Gasteiger charge is -2.24. The number of rotatable bonds is 2. The molecule has 1 aromatic rings. The first kappa shape index (κ1) is 12.6. The van der Waals surface area contributed by atoms with Gasteiger partial charge in [-0.15, -0.1) is 11.3 Å². The van der Waals surface area contributed by atoms with Crippen LogP contribution in [0.15, 0.2) is 15.9 Å². The molecule has 0 aromatic carbocycles. The van der Waals surface area contributed by atoms with Gasteiger partial charge in [-0.25, -0.2) is 0 Å². The summed E-state index contributed by atoms with van der Waals surface area (Å²) in [7, 11) is 0. The van der Waals surface area contributed by atoms with Crippen molar-refractivity contribution < 1.29 is 5.11 Å². The van der Waals surface area contributed by atoms with Crippen LogP contribution in [0, 0.1) is 5.92 Å². The molecule has 1 saturated carbocycles. The maximum atomic E-state index is 10.4. The molecule has 0 spiro atoms. The van der Waals surface area contributed by atoms with Gasteiger partial charge in [0.2, 0.25) is 0 Å². The van der Waals surface area contributed by atoms with E-state index < -0.39 is 0 Å². The van der Waals surface area contributed by atoms with Crippen LogP contribution in [0.1, 0.15) is 55.9 Å². The van der Waals surface area contributed by atoms with E-state index in [1.165, 1.54) is 44.9 Å². The molecule has 1 N–H and O–H groups in total. The summed E-state index contributed by atoms with van der Waals surface area (Å²) >= 11 is 5.13. The zero-order chi connectivity index (χ0) is 11.4. The Morgan fingerprint density at radius 2 is 1.75 bits per heavy atom. The Hall–Kier alpha value is 0.140. The van der Waals surface area contributed by atoms with E-state index in [-0.39, 0.29) is 6.10 Å². The minimum Gasteiger partial charge on any atom is -0.387 e. The predicted octanol–water partition coefficient (Wildman–Crippen LogP) is 4.90. The van der Waals surface area contributed by atoms with Gasteiger partial charge in [0.25, 0.3) is 0 Å². The molecule has 90 valence electrons. The second-order valence-corrected chi connectivity index (χ2v) is 7.19. The van der Waals surface area contributed by atoms with Crippen LogP contribution in [-0.2, 0) is 0 Å². The van der Waals surface area contributed by atoms with Gasteiger partial charge in [-0.3, -0.25) is 0 Å².